The molecule has 22 heavy (non-hydrogen) atoms. The second-order valence-corrected chi connectivity index (χ2v) is 5.74. The molecular formula is C17H25NO4. The van der Waals surface area contributed by atoms with Gasteiger partial charge in [0.15, 0.2) is 12.6 Å². The van der Waals surface area contributed by atoms with E-state index in [1.54, 1.807) is 6.07 Å². The zero-order chi connectivity index (χ0) is 15.9. The Balaban J connectivity index is 1.82. The van der Waals surface area contributed by atoms with Gasteiger partial charge in [0, 0.05) is 19.1 Å². The van der Waals surface area contributed by atoms with E-state index >= 15 is 0 Å². The lowest BCUT2D eigenvalue weighted by atomic mass is 9.95. The summed E-state index contributed by atoms with van der Waals surface area (Å²) in [6.07, 6.45) is 2.64. The number of aliphatic hydroxyl groups excluding tert-OH is 1. The molecule has 0 aliphatic carbocycles. The number of piperidine rings is 1. The first kappa shape index (κ1) is 16.9. The quantitative estimate of drug-likeness (QED) is 0.594. The Labute approximate surface area is 131 Å². The normalized spacial score (nSPS) is 18.3. The van der Waals surface area contributed by atoms with Crippen molar-refractivity contribution in [3.05, 3.63) is 29.3 Å². The molecule has 5 nitrogen and oxygen atoms in total. The third kappa shape index (κ3) is 4.29. The zero-order valence-electron chi connectivity index (χ0n) is 13.1. The Morgan fingerprint density at radius 1 is 1.41 bits per heavy atom. The first-order valence-corrected chi connectivity index (χ1v) is 7.93. The van der Waals surface area contributed by atoms with Crippen LogP contribution in [0.3, 0.4) is 0 Å². The van der Waals surface area contributed by atoms with Crippen LogP contribution in [-0.2, 0) is 11.2 Å². The van der Waals surface area contributed by atoms with Gasteiger partial charge in [-0.05, 0) is 50.9 Å². The third-order valence-electron chi connectivity index (χ3n) is 4.36. The molecule has 0 aromatic heterocycles. The number of aromatic hydroxyl groups is 1. The van der Waals surface area contributed by atoms with Gasteiger partial charge in [0.05, 0.1) is 5.56 Å². The first-order valence-electron chi connectivity index (χ1n) is 7.93. The Kier molecular flexibility index (Phi) is 6.36. The van der Waals surface area contributed by atoms with Crippen molar-refractivity contribution in [2.45, 2.75) is 32.5 Å². The Morgan fingerprint density at radius 3 is 2.77 bits per heavy atom. The van der Waals surface area contributed by atoms with Crippen LogP contribution in [0.2, 0.25) is 0 Å². The van der Waals surface area contributed by atoms with Crippen LogP contribution in [0.15, 0.2) is 18.2 Å². The Morgan fingerprint density at radius 2 is 2.14 bits per heavy atom. The van der Waals surface area contributed by atoms with E-state index in [1.807, 2.05) is 13.0 Å². The SMILES string of the molecule is CCOC(O)C1CCN(CCc2cccc(O)c2C=O)CC1. The summed E-state index contributed by atoms with van der Waals surface area (Å²) in [4.78, 5) is 13.4. The molecular weight excluding hydrogens is 282 g/mol. The van der Waals surface area contributed by atoms with Gasteiger partial charge in [-0.3, -0.25) is 4.79 Å². The van der Waals surface area contributed by atoms with E-state index in [-0.39, 0.29) is 11.7 Å². The molecule has 0 amide bonds. The highest BCUT2D eigenvalue weighted by atomic mass is 16.6. The summed E-state index contributed by atoms with van der Waals surface area (Å²) >= 11 is 0. The molecule has 1 aromatic carbocycles. The van der Waals surface area contributed by atoms with Gasteiger partial charge in [0.2, 0.25) is 0 Å². The molecule has 1 atom stereocenters. The summed E-state index contributed by atoms with van der Waals surface area (Å²) in [5.41, 5.74) is 1.27. The molecule has 5 heteroatoms. The van der Waals surface area contributed by atoms with Crippen molar-refractivity contribution in [1.29, 1.82) is 0 Å². The number of ether oxygens (including phenoxy) is 1. The summed E-state index contributed by atoms with van der Waals surface area (Å²) in [5.74, 6) is 0.258. The number of aliphatic hydroxyl groups is 1. The van der Waals surface area contributed by atoms with Gasteiger partial charge in [-0.1, -0.05) is 12.1 Å². The summed E-state index contributed by atoms with van der Waals surface area (Å²) < 4.78 is 5.26. The molecule has 0 bridgehead atoms. The van der Waals surface area contributed by atoms with E-state index in [4.69, 9.17) is 4.74 Å². The smallest absolute Gasteiger partial charge is 0.157 e. The molecule has 2 N–H and O–H groups in total. The highest BCUT2D eigenvalue weighted by molar-refractivity contribution is 5.81. The van der Waals surface area contributed by atoms with Gasteiger partial charge in [-0.2, -0.15) is 0 Å². The highest BCUT2D eigenvalue weighted by Crippen LogP contribution is 2.23. The van der Waals surface area contributed by atoms with E-state index in [1.165, 1.54) is 6.07 Å². The predicted octanol–water partition coefficient (Wildman–Crippen LogP) is 1.81. The molecule has 2 rings (SSSR count). The largest absolute Gasteiger partial charge is 0.507 e. The number of hydrogen-bond donors (Lipinski definition) is 2. The van der Waals surface area contributed by atoms with Crippen LogP contribution in [0.4, 0.5) is 0 Å². The van der Waals surface area contributed by atoms with Crippen LogP contribution in [0.1, 0.15) is 35.7 Å². The lowest BCUT2D eigenvalue weighted by Gasteiger charge is -2.34. The number of likely N-dealkylation sites (tertiary alicyclic amines) is 1. The van der Waals surface area contributed by atoms with Gasteiger partial charge in [0.25, 0.3) is 0 Å². The van der Waals surface area contributed by atoms with E-state index in [9.17, 15) is 15.0 Å². The van der Waals surface area contributed by atoms with Crippen LogP contribution in [0.25, 0.3) is 0 Å². The van der Waals surface area contributed by atoms with Gasteiger partial charge >= 0.3 is 0 Å². The number of benzene rings is 1. The minimum Gasteiger partial charge on any atom is -0.507 e. The summed E-state index contributed by atoms with van der Waals surface area (Å²) in [6, 6.07) is 5.19. The lowest BCUT2D eigenvalue weighted by molar-refractivity contribution is -0.140. The third-order valence-corrected chi connectivity index (χ3v) is 4.36. The van der Waals surface area contributed by atoms with Gasteiger partial charge in [-0.15, -0.1) is 0 Å². The maximum absolute atomic E-state index is 11.1. The first-order chi connectivity index (χ1) is 10.7. The molecule has 1 aliphatic rings. The van der Waals surface area contributed by atoms with Crippen LogP contribution in [0, 0.1) is 5.92 Å². The fourth-order valence-corrected chi connectivity index (χ4v) is 3.00. The summed E-state index contributed by atoms with van der Waals surface area (Å²) in [6.45, 7) is 5.11. The minimum atomic E-state index is -0.653. The van der Waals surface area contributed by atoms with Crippen LogP contribution < -0.4 is 0 Å². The Hall–Kier alpha value is -1.43. The Bertz CT molecular complexity index is 484. The monoisotopic (exact) mass is 307 g/mol. The molecule has 0 spiro atoms. The molecule has 1 fully saturated rings. The van der Waals surface area contributed by atoms with Crippen molar-refractivity contribution in [1.82, 2.24) is 4.90 Å². The predicted molar refractivity (Wildman–Crippen MR) is 84.0 cm³/mol. The fourth-order valence-electron chi connectivity index (χ4n) is 3.00. The van der Waals surface area contributed by atoms with Crippen molar-refractivity contribution in [3.63, 3.8) is 0 Å². The van der Waals surface area contributed by atoms with Gasteiger partial charge in [0.1, 0.15) is 5.75 Å². The fraction of sp³-hybridized carbons (Fsp3) is 0.588. The van der Waals surface area contributed by atoms with E-state index in [0.29, 0.717) is 12.2 Å². The molecule has 122 valence electrons. The van der Waals surface area contributed by atoms with Gasteiger partial charge in [-0.25, -0.2) is 0 Å². The maximum atomic E-state index is 11.1. The van der Waals surface area contributed by atoms with Crippen LogP contribution in [-0.4, -0.2) is 53.9 Å². The number of hydrogen-bond acceptors (Lipinski definition) is 5. The average Bonchev–Trinajstić information content (AvgIpc) is 2.53. The van der Waals surface area contributed by atoms with E-state index in [0.717, 1.165) is 50.7 Å². The molecule has 1 unspecified atom stereocenters. The molecule has 1 heterocycles. The number of phenolic OH excluding ortho intramolecular Hbond substituents is 1. The molecule has 0 saturated carbocycles. The number of rotatable bonds is 7. The number of aldehydes is 1. The molecule has 1 aliphatic heterocycles. The highest BCUT2D eigenvalue weighted by Gasteiger charge is 2.25. The van der Waals surface area contributed by atoms with Crippen molar-refractivity contribution in [2.24, 2.45) is 5.92 Å². The zero-order valence-corrected chi connectivity index (χ0v) is 13.1. The average molecular weight is 307 g/mol. The molecule has 1 saturated heterocycles. The topological polar surface area (TPSA) is 70.0 Å². The van der Waals surface area contributed by atoms with Crippen molar-refractivity contribution in [2.75, 3.05) is 26.2 Å². The van der Waals surface area contributed by atoms with Crippen molar-refractivity contribution >= 4 is 6.29 Å². The van der Waals surface area contributed by atoms with Crippen LogP contribution >= 0.6 is 0 Å². The lowest BCUT2D eigenvalue weighted by Crippen LogP contribution is -2.39. The standard InChI is InChI=1S/C17H25NO4/c1-2-22-17(21)14-7-10-18(11-8-14)9-6-13-4-3-5-16(20)15(13)12-19/h3-5,12,14,17,20-21H,2,6-11H2,1H3. The summed E-state index contributed by atoms with van der Waals surface area (Å²) in [7, 11) is 0. The number of carbonyl (C=O) groups is 1. The second kappa shape index (κ2) is 8.27. The van der Waals surface area contributed by atoms with E-state index < -0.39 is 6.29 Å². The molecule has 0 radical (unpaired) electrons. The van der Waals surface area contributed by atoms with Crippen LogP contribution in [0.5, 0.6) is 5.75 Å². The van der Waals surface area contributed by atoms with Crippen molar-refractivity contribution < 1.29 is 19.7 Å². The number of carbonyl (C=O) groups excluding carboxylic acids is 1. The molecule has 1 aromatic rings. The number of nitrogens with zero attached hydrogens (tertiary/aromatic N) is 1. The maximum Gasteiger partial charge on any atom is 0.157 e. The minimum absolute atomic E-state index is 0.0473. The second-order valence-electron chi connectivity index (χ2n) is 5.74. The van der Waals surface area contributed by atoms with Gasteiger partial charge < -0.3 is 19.8 Å². The summed E-state index contributed by atoms with van der Waals surface area (Å²) in [5, 5.41) is 19.5. The number of phenols is 1. The van der Waals surface area contributed by atoms with E-state index in [2.05, 4.69) is 4.90 Å². The van der Waals surface area contributed by atoms with Crippen molar-refractivity contribution in [3.8, 4) is 5.75 Å².